The molecule has 0 amide bonds. The molecule has 35 heavy (non-hydrogen) atoms. The number of hydrogen-bond donors (Lipinski definition) is 1. The molecule has 1 fully saturated rings. The van der Waals surface area contributed by atoms with Gasteiger partial charge in [0.1, 0.15) is 5.82 Å². The number of aliphatic carboxylic acids is 1. The standard InChI is InChI=1S/C27H26N4O4/c1-34-23-12-6-7-18(27(23)35-20-8-2-3-9-20)13-15-24-28-21-10-4-5-11-22(21)31(24)25-16-14-19(29-30-25)17-26(32)33/h4-7,10-16,20H,2-3,8-9,17H2,1H3,(H,32,33)/b15-13+. The van der Waals surface area contributed by atoms with Crippen LogP contribution in [0, 0.1) is 0 Å². The summed E-state index contributed by atoms with van der Waals surface area (Å²) in [7, 11) is 1.65. The van der Waals surface area contributed by atoms with Gasteiger partial charge in [-0.25, -0.2) is 4.98 Å². The van der Waals surface area contributed by atoms with Crippen molar-refractivity contribution in [2.24, 2.45) is 0 Å². The second-order valence-corrected chi connectivity index (χ2v) is 8.48. The first-order valence-electron chi connectivity index (χ1n) is 11.7. The fraction of sp³-hybridized carbons (Fsp3) is 0.259. The van der Waals surface area contributed by atoms with Crippen LogP contribution in [0.25, 0.3) is 29.0 Å². The van der Waals surface area contributed by atoms with Crippen molar-refractivity contribution in [2.75, 3.05) is 7.11 Å². The van der Waals surface area contributed by atoms with E-state index in [0.717, 1.165) is 35.2 Å². The smallest absolute Gasteiger partial charge is 0.309 e. The molecule has 2 aromatic heterocycles. The van der Waals surface area contributed by atoms with E-state index < -0.39 is 5.97 Å². The van der Waals surface area contributed by atoms with E-state index in [1.807, 2.05) is 59.2 Å². The number of carbonyl (C=O) groups is 1. The van der Waals surface area contributed by atoms with Gasteiger partial charge in [0.15, 0.2) is 17.3 Å². The average molecular weight is 471 g/mol. The molecule has 0 bridgehead atoms. The number of hydrogen-bond acceptors (Lipinski definition) is 6. The third-order valence-electron chi connectivity index (χ3n) is 6.08. The molecule has 5 rings (SSSR count). The van der Waals surface area contributed by atoms with Crippen molar-refractivity contribution >= 4 is 29.2 Å². The van der Waals surface area contributed by atoms with E-state index in [-0.39, 0.29) is 12.5 Å². The molecule has 1 aliphatic rings. The molecule has 0 atom stereocenters. The zero-order valence-electron chi connectivity index (χ0n) is 19.4. The maximum Gasteiger partial charge on any atom is 0.309 e. The van der Waals surface area contributed by atoms with E-state index in [9.17, 15) is 4.79 Å². The Morgan fingerprint density at radius 1 is 1.06 bits per heavy atom. The van der Waals surface area contributed by atoms with Crippen LogP contribution in [-0.2, 0) is 11.2 Å². The number of rotatable bonds is 8. The van der Waals surface area contributed by atoms with Gasteiger partial charge >= 0.3 is 5.97 Å². The van der Waals surface area contributed by atoms with Crippen LogP contribution < -0.4 is 9.47 Å². The van der Waals surface area contributed by atoms with Gasteiger partial charge in [0.2, 0.25) is 0 Å². The predicted octanol–water partition coefficient (Wildman–Crippen LogP) is 4.94. The summed E-state index contributed by atoms with van der Waals surface area (Å²) in [6, 6.07) is 17.1. The SMILES string of the molecule is COc1cccc(/C=C/c2nc3ccccc3n2-c2ccc(CC(=O)O)nn2)c1OC1CCCC1. The van der Waals surface area contributed by atoms with E-state index in [1.165, 1.54) is 12.8 Å². The third-order valence-corrected chi connectivity index (χ3v) is 6.08. The van der Waals surface area contributed by atoms with E-state index in [2.05, 4.69) is 10.2 Å². The Hall–Kier alpha value is -4.20. The molecule has 1 aliphatic carbocycles. The molecule has 4 aromatic rings. The lowest BCUT2D eigenvalue weighted by Crippen LogP contribution is -2.12. The van der Waals surface area contributed by atoms with Gasteiger partial charge in [0, 0.05) is 5.56 Å². The van der Waals surface area contributed by atoms with Crippen LogP contribution in [0.4, 0.5) is 0 Å². The summed E-state index contributed by atoms with van der Waals surface area (Å²) in [6.07, 6.45) is 8.37. The maximum atomic E-state index is 11.0. The zero-order valence-corrected chi connectivity index (χ0v) is 19.4. The maximum absolute atomic E-state index is 11.0. The number of ether oxygens (including phenoxy) is 2. The first kappa shape index (κ1) is 22.6. The lowest BCUT2D eigenvalue weighted by atomic mass is 10.1. The number of carboxylic acid groups (broad SMARTS) is 1. The Labute approximate surface area is 202 Å². The summed E-state index contributed by atoms with van der Waals surface area (Å²) in [5, 5.41) is 17.4. The summed E-state index contributed by atoms with van der Waals surface area (Å²) < 4.78 is 13.9. The van der Waals surface area contributed by atoms with Gasteiger partial charge in [0.05, 0.1) is 36.4 Å². The fourth-order valence-corrected chi connectivity index (χ4v) is 4.41. The third kappa shape index (κ3) is 4.87. The average Bonchev–Trinajstić information content (AvgIpc) is 3.51. The first-order valence-corrected chi connectivity index (χ1v) is 11.7. The Balaban J connectivity index is 1.54. The van der Waals surface area contributed by atoms with Crippen molar-refractivity contribution in [3.63, 3.8) is 0 Å². The van der Waals surface area contributed by atoms with Gasteiger partial charge < -0.3 is 14.6 Å². The number of methoxy groups -OCH3 is 1. The molecule has 0 radical (unpaired) electrons. The Morgan fingerprint density at radius 2 is 1.89 bits per heavy atom. The number of imidazole rings is 1. The van der Waals surface area contributed by atoms with Crippen molar-refractivity contribution in [1.82, 2.24) is 19.7 Å². The minimum atomic E-state index is -0.947. The van der Waals surface area contributed by atoms with E-state index in [1.54, 1.807) is 19.2 Å². The van der Waals surface area contributed by atoms with Crippen LogP contribution in [-0.4, -0.2) is 44.0 Å². The highest BCUT2D eigenvalue weighted by molar-refractivity contribution is 5.82. The van der Waals surface area contributed by atoms with Crippen molar-refractivity contribution in [1.29, 1.82) is 0 Å². The molecule has 1 N–H and O–H groups in total. The number of fused-ring (bicyclic) bond motifs is 1. The van der Waals surface area contributed by atoms with Crippen LogP contribution in [0.2, 0.25) is 0 Å². The van der Waals surface area contributed by atoms with Crippen molar-refractivity contribution in [3.8, 4) is 17.3 Å². The topological polar surface area (TPSA) is 99.4 Å². The summed E-state index contributed by atoms with van der Waals surface area (Å²) in [5.41, 5.74) is 2.99. The van der Waals surface area contributed by atoms with E-state index in [0.29, 0.717) is 23.1 Å². The van der Waals surface area contributed by atoms with Crippen molar-refractivity contribution in [2.45, 2.75) is 38.2 Å². The van der Waals surface area contributed by atoms with Gasteiger partial charge in [-0.15, -0.1) is 5.10 Å². The molecule has 0 spiro atoms. The highest BCUT2D eigenvalue weighted by atomic mass is 16.5. The molecule has 8 heteroatoms. The van der Waals surface area contributed by atoms with Crippen LogP contribution in [0.1, 0.15) is 42.8 Å². The summed E-state index contributed by atoms with van der Waals surface area (Å²) >= 11 is 0. The minimum absolute atomic E-state index is 0.176. The number of carboxylic acids is 1. The Kier molecular flexibility index (Phi) is 6.43. The molecular weight excluding hydrogens is 444 g/mol. The quantitative estimate of drug-likeness (QED) is 0.389. The minimum Gasteiger partial charge on any atom is -0.493 e. The van der Waals surface area contributed by atoms with Gasteiger partial charge in [0.25, 0.3) is 0 Å². The normalized spacial score (nSPS) is 14.1. The number of para-hydroxylation sites is 3. The molecule has 0 unspecified atom stereocenters. The second kappa shape index (κ2) is 9.97. The molecule has 0 aliphatic heterocycles. The molecule has 0 saturated heterocycles. The second-order valence-electron chi connectivity index (χ2n) is 8.48. The van der Waals surface area contributed by atoms with Gasteiger partial charge in [-0.3, -0.25) is 9.36 Å². The number of benzene rings is 2. The number of aromatic nitrogens is 4. The van der Waals surface area contributed by atoms with Gasteiger partial charge in [-0.2, -0.15) is 5.10 Å². The molecule has 2 aromatic carbocycles. The predicted molar refractivity (Wildman–Crippen MR) is 133 cm³/mol. The van der Waals surface area contributed by atoms with Crippen LogP contribution >= 0.6 is 0 Å². The van der Waals surface area contributed by atoms with Gasteiger partial charge in [-0.05, 0) is 68.2 Å². The van der Waals surface area contributed by atoms with Crippen molar-refractivity contribution < 1.29 is 19.4 Å². The molecular formula is C27H26N4O4. The molecule has 8 nitrogen and oxygen atoms in total. The molecule has 2 heterocycles. The largest absolute Gasteiger partial charge is 0.493 e. The Morgan fingerprint density at radius 3 is 2.63 bits per heavy atom. The lowest BCUT2D eigenvalue weighted by molar-refractivity contribution is -0.136. The highest BCUT2D eigenvalue weighted by Crippen LogP contribution is 2.36. The van der Waals surface area contributed by atoms with E-state index >= 15 is 0 Å². The summed E-state index contributed by atoms with van der Waals surface area (Å²) in [6.45, 7) is 0. The summed E-state index contributed by atoms with van der Waals surface area (Å²) in [5.74, 6) is 1.71. The zero-order chi connectivity index (χ0) is 24.2. The summed E-state index contributed by atoms with van der Waals surface area (Å²) in [4.78, 5) is 15.8. The number of nitrogens with zero attached hydrogens (tertiary/aromatic N) is 4. The van der Waals surface area contributed by atoms with Crippen LogP contribution in [0.5, 0.6) is 11.5 Å². The van der Waals surface area contributed by atoms with E-state index in [4.69, 9.17) is 19.6 Å². The molecule has 178 valence electrons. The first-order chi connectivity index (χ1) is 17.1. The van der Waals surface area contributed by atoms with Gasteiger partial charge in [-0.1, -0.05) is 24.3 Å². The lowest BCUT2D eigenvalue weighted by Gasteiger charge is -2.18. The van der Waals surface area contributed by atoms with Crippen LogP contribution in [0.15, 0.2) is 54.6 Å². The Bertz CT molecular complexity index is 1370. The highest BCUT2D eigenvalue weighted by Gasteiger charge is 2.20. The van der Waals surface area contributed by atoms with Crippen molar-refractivity contribution in [3.05, 3.63) is 71.7 Å². The fourth-order valence-electron chi connectivity index (χ4n) is 4.41. The van der Waals surface area contributed by atoms with Crippen LogP contribution in [0.3, 0.4) is 0 Å². The molecule has 1 saturated carbocycles. The monoisotopic (exact) mass is 470 g/mol.